The van der Waals surface area contributed by atoms with Crippen LogP contribution in [0.5, 0.6) is 0 Å². The first-order valence-corrected chi connectivity index (χ1v) is 7.19. The molecule has 0 saturated heterocycles. The van der Waals surface area contributed by atoms with Crippen molar-refractivity contribution in [3.05, 3.63) is 46.7 Å². The first kappa shape index (κ1) is 14.0. The lowest BCUT2D eigenvalue weighted by Gasteiger charge is -2.10. The van der Waals surface area contributed by atoms with E-state index in [0.29, 0.717) is 5.11 Å². The zero-order valence-corrected chi connectivity index (χ0v) is 13.0. The molecule has 2 N–H and O–H groups in total. The summed E-state index contributed by atoms with van der Waals surface area (Å²) < 4.78 is 2.86. The molecule has 0 saturated carbocycles. The molecule has 4 nitrogen and oxygen atoms in total. The Balaban J connectivity index is 2.04. The zero-order valence-electron chi connectivity index (χ0n) is 10.6. The van der Waals surface area contributed by atoms with E-state index in [4.69, 9.17) is 12.2 Å². The third kappa shape index (κ3) is 4.33. The number of nitrogens with zero attached hydrogens (tertiary/aromatic N) is 2. The van der Waals surface area contributed by atoms with Crippen molar-refractivity contribution in [2.75, 3.05) is 11.9 Å². The van der Waals surface area contributed by atoms with E-state index in [1.807, 2.05) is 29.9 Å². The quantitative estimate of drug-likeness (QED) is 0.841. The lowest BCUT2D eigenvalue weighted by molar-refractivity contribution is 0.687. The van der Waals surface area contributed by atoms with E-state index in [2.05, 4.69) is 43.8 Å². The van der Waals surface area contributed by atoms with Crippen molar-refractivity contribution in [3.63, 3.8) is 0 Å². The van der Waals surface area contributed by atoms with E-state index in [1.165, 1.54) is 5.56 Å². The molecule has 0 aliphatic carbocycles. The van der Waals surface area contributed by atoms with Gasteiger partial charge in [0.05, 0.1) is 17.2 Å². The van der Waals surface area contributed by atoms with Gasteiger partial charge in [0.25, 0.3) is 0 Å². The van der Waals surface area contributed by atoms with Crippen LogP contribution in [0.1, 0.15) is 12.5 Å². The molecule has 19 heavy (non-hydrogen) atoms. The Morgan fingerprint density at radius 3 is 3.00 bits per heavy atom. The van der Waals surface area contributed by atoms with Gasteiger partial charge in [-0.2, -0.15) is 5.10 Å². The molecule has 0 atom stereocenters. The van der Waals surface area contributed by atoms with E-state index in [0.717, 1.165) is 23.2 Å². The van der Waals surface area contributed by atoms with Crippen molar-refractivity contribution in [1.82, 2.24) is 15.1 Å². The molecule has 100 valence electrons. The highest BCUT2D eigenvalue weighted by Crippen LogP contribution is 2.13. The summed E-state index contributed by atoms with van der Waals surface area (Å²) in [6.07, 6.45) is 3.73. The number of benzene rings is 1. The van der Waals surface area contributed by atoms with Gasteiger partial charge in [-0.3, -0.25) is 4.68 Å². The molecule has 2 rings (SSSR count). The summed E-state index contributed by atoms with van der Waals surface area (Å²) in [6.45, 7) is 3.56. The number of aromatic nitrogens is 2. The molecule has 0 unspecified atom stereocenters. The summed E-state index contributed by atoms with van der Waals surface area (Å²) >= 11 is 8.55. The number of rotatable bonds is 4. The van der Waals surface area contributed by atoms with Crippen LogP contribution in [0.25, 0.3) is 0 Å². The molecule has 6 heteroatoms. The Kier molecular flexibility index (Phi) is 4.93. The maximum absolute atomic E-state index is 5.17. The van der Waals surface area contributed by atoms with Crippen LogP contribution in [0, 0.1) is 0 Å². The van der Waals surface area contributed by atoms with Crippen LogP contribution in [-0.4, -0.2) is 21.4 Å². The largest absolute Gasteiger partial charge is 0.363 e. The Hall–Kier alpha value is -1.40. The van der Waals surface area contributed by atoms with Crippen molar-refractivity contribution in [3.8, 4) is 0 Å². The molecular weight excluding hydrogens is 324 g/mol. The Morgan fingerprint density at radius 2 is 2.32 bits per heavy atom. The molecule has 0 spiro atoms. The van der Waals surface area contributed by atoms with Gasteiger partial charge in [-0.15, -0.1) is 0 Å². The molecule has 1 heterocycles. The average Bonchev–Trinajstić information content (AvgIpc) is 2.75. The summed E-state index contributed by atoms with van der Waals surface area (Å²) in [7, 11) is 0. The fraction of sp³-hybridized carbons (Fsp3) is 0.231. The predicted octanol–water partition coefficient (Wildman–Crippen LogP) is 3.00. The van der Waals surface area contributed by atoms with Crippen LogP contribution in [0.3, 0.4) is 0 Å². The van der Waals surface area contributed by atoms with Crippen molar-refractivity contribution in [2.45, 2.75) is 13.5 Å². The molecule has 0 aliphatic heterocycles. The van der Waals surface area contributed by atoms with Crippen molar-refractivity contribution >= 4 is 38.9 Å². The molecule has 0 radical (unpaired) electrons. The van der Waals surface area contributed by atoms with Gasteiger partial charge in [-0.1, -0.05) is 12.1 Å². The topological polar surface area (TPSA) is 41.9 Å². The van der Waals surface area contributed by atoms with Crippen LogP contribution < -0.4 is 10.6 Å². The minimum atomic E-state index is 0.640. The summed E-state index contributed by atoms with van der Waals surface area (Å²) in [5.41, 5.74) is 2.15. The van der Waals surface area contributed by atoms with Crippen molar-refractivity contribution in [1.29, 1.82) is 0 Å². The smallest absolute Gasteiger partial charge is 0.170 e. The van der Waals surface area contributed by atoms with Gasteiger partial charge >= 0.3 is 0 Å². The van der Waals surface area contributed by atoms with Crippen molar-refractivity contribution < 1.29 is 0 Å². The highest BCUT2D eigenvalue weighted by Gasteiger charge is 2.00. The van der Waals surface area contributed by atoms with E-state index in [9.17, 15) is 0 Å². The lowest BCUT2D eigenvalue weighted by atomic mass is 10.2. The number of anilines is 1. The normalized spacial score (nSPS) is 10.2. The Morgan fingerprint density at radius 1 is 1.47 bits per heavy atom. The molecular formula is C13H15BrN4S. The van der Waals surface area contributed by atoms with E-state index >= 15 is 0 Å². The molecule has 1 aromatic heterocycles. The SMILES string of the molecule is CCNC(=S)Nc1cccc(Cn2cc(Br)cn2)c1. The minimum absolute atomic E-state index is 0.640. The van der Waals surface area contributed by atoms with Crippen LogP contribution in [0.15, 0.2) is 41.1 Å². The van der Waals surface area contributed by atoms with Crippen LogP contribution in [0.4, 0.5) is 5.69 Å². The molecule has 0 fully saturated rings. The Bertz CT molecular complexity index is 567. The Labute approximate surface area is 126 Å². The number of hydrogen-bond donors (Lipinski definition) is 2. The first-order chi connectivity index (χ1) is 9.17. The van der Waals surface area contributed by atoms with Gasteiger partial charge in [0.2, 0.25) is 0 Å². The summed E-state index contributed by atoms with van der Waals surface area (Å²) in [6, 6.07) is 8.13. The van der Waals surface area contributed by atoms with E-state index in [1.54, 1.807) is 6.20 Å². The summed E-state index contributed by atoms with van der Waals surface area (Å²) in [5.74, 6) is 0. The second-order valence-corrected chi connectivity index (χ2v) is 5.36. The molecule has 0 aliphatic rings. The molecule has 0 bridgehead atoms. The average molecular weight is 339 g/mol. The highest BCUT2D eigenvalue weighted by molar-refractivity contribution is 9.10. The van der Waals surface area contributed by atoms with Crippen LogP contribution in [-0.2, 0) is 6.54 Å². The van der Waals surface area contributed by atoms with Gasteiger partial charge in [0.1, 0.15) is 0 Å². The maximum atomic E-state index is 5.17. The minimum Gasteiger partial charge on any atom is -0.363 e. The van der Waals surface area contributed by atoms with E-state index in [-0.39, 0.29) is 0 Å². The molecule has 2 aromatic rings. The zero-order chi connectivity index (χ0) is 13.7. The standard InChI is InChI=1S/C13H15BrN4S/c1-2-15-13(19)17-12-5-3-4-10(6-12)8-18-9-11(14)7-16-18/h3-7,9H,2,8H2,1H3,(H2,15,17,19). The van der Waals surface area contributed by atoms with Crippen LogP contribution >= 0.6 is 28.1 Å². The van der Waals surface area contributed by atoms with Gasteiger partial charge in [-0.05, 0) is 52.8 Å². The third-order valence-electron chi connectivity index (χ3n) is 2.47. The highest BCUT2D eigenvalue weighted by atomic mass is 79.9. The van der Waals surface area contributed by atoms with Gasteiger partial charge < -0.3 is 10.6 Å². The van der Waals surface area contributed by atoms with Gasteiger partial charge in [0.15, 0.2) is 5.11 Å². The lowest BCUT2D eigenvalue weighted by Crippen LogP contribution is -2.27. The molecule has 1 aromatic carbocycles. The molecule has 0 amide bonds. The number of hydrogen-bond acceptors (Lipinski definition) is 2. The second-order valence-electron chi connectivity index (χ2n) is 4.04. The fourth-order valence-electron chi connectivity index (χ4n) is 1.70. The van der Waals surface area contributed by atoms with Crippen LogP contribution in [0.2, 0.25) is 0 Å². The number of thiocarbonyl (C=S) groups is 1. The van der Waals surface area contributed by atoms with Crippen molar-refractivity contribution in [2.24, 2.45) is 0 Å². The third-order valence-corrected chi connectivity index (χ3v) is 3.12. The monoisotopic (exact) mass is 338 g/mol. The summed E-state index contributed by atoms with van der Waals surface area (Å²) in [5, 5.41) is 11.1. The maximum Gasteiger partial charge on any atom is 0.170 e. The predicted molar refractivity (Wildman–Crippen MR) is 85.4 cm³/mol. The number of nitrogens with one attached hydrogen (secondary N) is 2. The first-order valence-electron chi connectivity index (χ1n) is 5.99. The second kappa shape index (κ2) is 6.68. The number of halogens is 1. The summed E-state index contributed by atoms with van der Waals surface area (Å²) in [4.78, 5) is 0. The van der Waals surface area contributed by atoms with E-state index < -0.39 is 0 Å². The fourth-order valence-corrected chi connectivity index (χ4v) is 2.29. The van der Waals surface area contributed by atoms with Gasteiger partial charge in [-0.25, -0.2) is 0 Å². The van der Waals surface area contributed by atoms with Gasteiger partial charge in [0, 0.05) is 18.4 Å².